The molecule has 1 heterocycles. The van der Waals surface area contributed by atoms with Crippen LogP contribution in [-0.2, 0) is 9.53 Å². The van der Waals surface area contributed by atoms with Crippen LogP contribution in [0, 0.1) is 11.8 Å². The van der Waals surface area contributed by atoms with Gasteiger partial charge in [-0.05, 0) is 44.9 Å². The zero-order valence-corrected chi connectivity index (χ0v) is 14.1. The zero-order chi connectivity index (χ0) is 15.4. The Morgan fingerprint density at radius 2 is 1.90 bits per heavy atom. The van der Waals surface area contributed by atoms with Gasteiger partial charge in [-0.25, -0.2) is 0 Å². The van der Waals surface area contributed by atoms with Gasteiger partial charge in [-0.3, -0.25) is 10.1 Å². The second-order valence-electron chi connectivity index (χ2n) is 7.29. The quantitative estimate of drug-likeness (QED) is 0.785. The van der Waals surface area contributed by atoms with E-state index in [1.165, 1.54) is 25.7 Å². The van der Waals surface area contributed by atoms with E-state index in [1.807, 2.05) is 13.8 Å². The predicted molar refractivity (Wildman–Crippen MR) is 84.9 cm³/mol. The van der Waals surface area contributed by atoms with Crippen molar-refractivity contribution in [3.05, 3.63) is 0 Å². The highest BCUT2D eigenvalue weighted by molar-refractivity contribution is 5.84. The number of hydrogen-bond donors (Lipinski definition) is 1. The molecule has 0 bridgehead atoms. The predicted octanol–water partition coefficient (Wildman–Crippen LogP) is 2.77. The van der Waals surface area contributed by atoms with Gasteiger partial charge in [-0.1, -0.05) is 26.7 Å². The summed E-state index contributed by atoms with van der Waals surface area (Å²) in [6.07, 6.45) is 6.52. The van der Waals surface area contributed by atoms with E-state index in [0.29, 0.717) is 18.4 Å². The maximum atomic E-state index is 12.7. The summed E-state index contributed by atoms with van der Waals surface area (Å²) < 4.78 is 5.66. The van der Waals surface area contributed by atoms with Crippen molar-refractivity contribution >= 4 is 5.91 Å². The molecule has 4 heteroatoms. The van der Waals surface area contributed by atoms with Crippen molar-refractivity contribution < 1.29 is 9.53 Å². The minimum absolute atomic E-state index is 0.00894. The molecule has 2 atom stereocenters. The average Bonchev–Trinajstić information content (AvgIpc) is 3.00. The highest BCUT2D eigenvalue weighted by Gasteiger charge is 2.42. The van der Waals surface area contributed by atoms with Crippen LogP contribution in [-0.4, -0.2) is 42.3 Å². The van der Waals surface area contributed by atoms with Gasteiger partial charge in [0.05, 0.1) is 24.9 Å². The summed E-state index contributed by atoms with van der Waals surface area (Å²) in [6, 6.07) is 0.00894. The van der Waals surface area contributed by atoms with Crippen LogP contribution in [0.15, 0.2) is 0 Å². The molecule has 0 aromatic heterocycles. The molecule has 1 N–H and O–H groups in total. The van der Waals surface area contributed by atoms with E-state index in [4.69, 9.17) is 4.74 Å². The summed E-state index contributed by atoms with van der Waals surface area (Å²) in [7, 11) is 0. The normalized spacial score (nSPS) is 27.5. The van der Waals surface area contributed by atoms with Crippen molar-refractivity contribution in [1.29, 1.82) is 0 Å². The Hall–Kier alpha value is -0.610. The third-order valence-corrected chi connectivity index (χ3v) is 4.63. The molecule has 1 aliphatic carbocycles. The molecule has 0 radical (unpaired) electrons. The van der Waals surface area contributed by atoms with Crippen LogP contribution in [0.1, 0.15) is 59.8 Å². The van der Waals surface area contributed by atoms with Gasteiger partial charge in [-0.15, -0.1) is 0 Å². The molecule has 0 aromatic rings. The third kappa shape index (κ3) is 4.43. The van der Waals surface area contributed by atoms with E-state index in [9.17, 15) is 4.79 Å². The topological polar surface area (TPSA) is 41.6 Å². The lowest BCUT2D eigenvalue weighted by Crippen LogP contribution is -2.44. The van der Waals surface area contributed by atoms with Gasteiger partial charge in [0.2, 0.25) is 5.91 Å². The number of carbonyl (C=O) groups excluding carboxylic acids is 1. The van der Waals surface area contributed by atoms with Crippen molar-refractivity contribution in [3.8, 4) is 0 Å². The number of ether oxygens (including phenoxy) is 1. The molecule has 0 aromatic carbocycles. The number of hydrogen-bond acceptors (Lipinski definition) is 3. The molecular weight excluding hydrogens is 264 g/mol. The van der Waals surface area contributed by atoms with Crippen LogP contribution >= 0.6 is 0 Å². The molecular formula is C17H32N2O2. The molecule has 0 spiro atoms. The van der Waals surface area contributed by atoms with Gasteiger partial charge in [0.15, 0.2) is 0 Å². The lowest BCUT2D eigenvalue weighted by molar-refractivity contribution is -0.131. The van der Waals surface area contributed by atoms with Gasteiger partial charge in [-0.2, -0.15) is 0 Å². The van der Waals surface area contributed by atoms with E-state index >= 15 is 0 Å². The van der Waals surface area contributed by atoms with E-state index in [1.54, 1.807) is 0 Å². The summed E-state index contributed by atoms with van der Waals surface area (Å²) in [6.45, 7) is 9.82. The first-order valence-electron chi connectivity index (χ1n) is 8.67. The maximum absolute atomic E-state index is 12.7. The largest absolute Gasteiger partial charge is 0.377 e. The summed E-state index contributed by atoms with van der Waals surface area (Å²) in [4.78, 5) is 14.8. The standard InChI is InChI=1S/C17H32N2O2/c1-12(2)11-15-17(20)19(9-10-21-13(3)4)16(18-15)14-7-5-6-8-14/h12-16,18H,5-11H2,1-4H3. The lowest BCUT2D eigenvalue weighted by atomic mass is 10.0. The SMILES string of the molecule is CC(C)CC1NC(C2CCCC2)N(CCOC(C)C)C1=O. The Bertz CT molecular complexity index is 338. The van der Waals surface area contributed by atoms with Crippen LogP contribution < -0.4 is 5.32 Å². The minimum atomic E-state index is 0.00894. The lowest BCUT2D eigenvalue weighted by Gasteiger charge is -2.29. The van der Waals surface area contributed by atoms with Gasteiger partial charge < -0.3 is 9.64 Å². The Morgan fingerprint density at radius 1 is 1.24 bits per heavy atom. The average molecular weight is 296 g/mol. The van der Waals surface area contributed by atoms with Gasteiger partial charge in [0.25, 0.3) is 0 Å². The Kier molecular flexibility index (Phi) is 6.06. The highest BCUT2D eigenvalue weighted by atomic mass is 16.5. The van der Waals surface area contributed by atoms with Crippen LogP contribution in [0.2, 0.25) is 0 Å². The first-order valence-corrected chi connectivity index (χ1v) is 8.67. The Morgan fingerprint density at radius 3 is 2.48 bits per heavy atom. The van der Waals surface area contributed by atoms with Crippen molar-refractivity contribution in [2.45, 2.75) is 78.1 Å². The molecule has 21 heavy (non-hydrogen) atoms. The number of amides is 1. The van der Waals surface area contributed by atoms with Crippen molar-refractivity contribution in [2.75, 3.05) is 13.2 Å². The first-order chi connectivity index (χ1) is 9.99. The van der Waals surface area contributed by atoms with Crippen molar-refractivity contribution in [2.24, 2.45) is 11.8 Å². The molecule has 4 nitrogen and oxygen atoms in total. The minimum Gasteiger partial charge on any atom is -0.377 e. The first kappa shape index (κ1) is 16.8. The molecule has 1 saturated heterocycles. The van der Waals surface area contributed by atoms with Crippen LogP contribution in [0.5, 0.6) is 0 Å². The summed E-state index contributed by atoms with van der Waals surface area (Å²) in [5.74, 6) is 1.46. The van der Waals surface area contributed by atoms with Crippen molar-refractivity contribution in [1.82, 2.24) is 10.2 Å². The van der Waals surface area contributed by atoms with E-state index in [-0.39, 0.29) is 24.2 Å². The second-order valence-corrected chi connectivity index (χ2v) is 7.29. The molecule has 1 aliphatic heterocycles. The fourth-order valence-corrected chi connectivity index (χ4v) is 3.64. The van der Waals surface area contributed by atoms with Gasteiger partial charge in [0, 0.05) is 6.54 Å². The zero-order valence-electron chi connectivity index (χ0n) is 14.1. The Balaban J connectivity index is 1.98. The third-order valence-electron chi connectivity index (χ3n) is 4.63. The second kappa shape index (κ2) is 7.59. The maximum Gasteiger partial charge on any atom is 0.241 e. The van der Waals surface area contributed by atoms with E-state index in [2.05, 4.69) is 24.1 Å². The van der Waals surface area contributed by atoms with E-state index < -0.39 is 0 Å². The number of nitrogens with one attached hydrogen (secondary N) is 1. The molecule has 2 rings (SSSR count). The number of rotatable bonds is 7. The number of nitrogens with zero attached hydrogens (tertiary/aromatic N) is 1. The highest BCUT2D eigenvalue weighted by Crippen LogP contribution is 2.32. The van der Waals surface area contributed by atoms with Crippen LogP contribution in [0.3, 0.4) is 0 Å². The smallest absolute Gasteiger partial charge is 0.241 e. The Labute approximate surface area is 129 Å². The van der Waals surface area contributed by atoms with Crippen LogP contribution in [0.25, 0.3) is 0 Å². The number of carbonyl (C=O) groups is 1. The van der Waals surface area contributed by atoms with E-state index in [0.717, 1.165) is 13.0 Å². The van der Waals surface area contributed by atoms with Crippen LogP contribution in [0.4, 0.5) is 0 Å². The summed E-state index contributed by atoms with van der Waals surface area (Å²) >= 11 is 0. The summed E-state index contributed by atoms with van der Waals surface area (Å²) in [5, 5.41) is 3.62. The molecule has 2 fully saturated rings. The van der Waals surface area contributed by atoms with Crippen molar-refractivity contribution in [3.63, 3.8) is 0 Å². The summed E-state index contributed by atoms with van der Waals surface area (Å²) in [5.41, 5.74) is 0. The monoisotopic (exact) mass is 296 g/mol. The molecule has 1 amide bonds. The molecule has 122 valence electrons. The molecule has 1 saturated carbocycles. The van der Waals surface area contributed by atoms with Gasteiger partial charge in [0.1, 0.15) is 0 Å². The van der Waals surface area contributed by atoms with Gasteiger partial charge >= 0.3 is 0 Å². The molecule has 2 unspecified atom stereocenters. The fraction of sp³-hybridized carbons (Fsp3) is 0.941. The fourth-order valence-electron chi connectivity index (χ4n) is 3.64. The molecule has 2 aliphatic rings.